The Morgan fingerprint density at radius 1 is 1.37 bits per heavy atom. The van der Waals surface area contributed by atoms with Gasteiger partial charge in [0.15, 0.2) is 0 Å². The van der Waals surface area contributed by atoms with Crippen LogP contribution in [-0.4, -0.2) is 18.6 Å². The molecule has 0 aliphatic rings. The molecule has 0 unspecified atom stereocenters. The van der Waals surface area contributed by atoms with E-state index in [2.05, 4.69) is 10.3 Å². The van der Waals surface area contributed by atoms with Crippen molar-refractivity contribution in [2.75, 3.05) is 13.7 Å². The van der Waals surface area contributed by atoms with Crippen molar-refractivity contribution in [3.8, 4) is 5.75 Å². The highest BCUT2D eigenvalue weighted by Crippen LogP contribution is 2.18. The topological polar surface area (TPSA) is 34.1 Å². The van der Waals surface area contributed by atoms with E-state index in [1.165, 1.54) is 17.0 Å². The highest BCUT2D eigenvalue weighted by Gasteiger charge is 2.04. The van der Waals surface area contributed by atoms with Gasteiger partial charge in [0.1, 0.15) is 11.6 Å². The molecule has 0 saturated carbocycles. The van der Waals surface area contributed by atoms with Crippen LogP contribution >= 0.6 is 11.3 Å². The lowest BCUT2D eigenvalue weighted by Crippen LogP contribution is -2.06. The summed E-state index contributed by atoms with van der Waals surface area (Å²) in [5, 5.41) is 3.00. The number of thiazole rings is 1. The second-order valence-electron chi connectivity index (χ2n) is 4.28. The Labute approximate surface area is 116 Å². The van der Waals surface area contributed by atoms with Gasteiger partial charge in [-0.3, -0.25) is 0 Å². The maximum absolute atomic E-state index is 13.4. The Kier molecular flexibility index (Phi) is 4.87. The van der Waals surface area contributed by atoms with E-state index >= 15 is 0 Å². The van der Waals surface area contributed by atoms with Gasteiger partial charge in [-0.1, -0.05) is 0 Å². The van der Waals surface area contributed by atoms with Gasteiger partial charge in [0, 0.05) is 23.9 Å². The summed E-state index contributed by atoms with van der Waals surface area (Å²) in [6.45, 7) is 3.15. The number of benzene rings is 1. The van der Waals surface area contributed by atoms with Gasteiger partial charge < -0.3 is 10.1 Å². The van der Waals surface area contributed by atoms with Gasteiger partial charge in [-0.15, -0.1) is 11.3 Å². The molecule has 1 aromatic carbocycles. The second-order valence-corrected chi connectivity index (χ2v) is 5.22. The number of aryl methyl sites for hydroxylation is 1. The van der Waals surface area contributed by atoms with Crippen LogP contribution in [0.5, 0.6) is 5.75 Å². The molecule has 0 radical (unpaired) electrons. The molecule has 0 atom stereocenters. The average molecular weight is 280 g/mol. The number of hydrogen-bond donors (Lipinski definition) is 1. The molecule has 5 heteroatoms. The van der Waals surface area contributed by atoms with Crippen LogP contribution in [0.15, 0.2) is 23.7 Å². The normalized spacial score (nSPS) is 10.7. The zero-order valence-electron chi connectivity index (χ0n) is 11.1. The summed E-state index contributed by atoms with van der Waals surface area (Å²) < 4.78 is 19.0. The predicted molar refractivity (Wildman–Crippen MR) is 75.2 cm³/mol. The number of hydrogen-bond acceptors (Lipinski definition) is 4. The first-order valence-corrected chi connectivity index (χ1v) is 7.03. The highest BCUT2D eigenvalue weighted by atomic mass is 32.1. The first kappa shape index (κ1) is 14.0. The van der Waals surface area contributed by atoms with Crippen LogP contribution < -0.4 is 10.1 Å². The quantitative estimate of drug-likeness (QED) is 0.883. The highest BCUT2D eigenvalue weighted by molar-refractivity contribution is 7.09. The van der Waals surface area contributed by atoms with Crippen LogP contribution in [0.3, 0.4) is 0 Å². The molecule has 102 valence electrons. The Hall–Kier alpha value is -1.46. The van der Waals surface area contributed by atoms with E-state index in [0.29, 0.717) is 18.9 Å². The summed E-state index contributed by atoms with van der Waals surface area (Å²) in [7, 11) is 1.83. The summed E-state index contributed by atoms with van der Waals surface area (Å²) in [5.74, 6) is 0.309. The van der Waals surface area contributed by atoms with Gasteiger partial charge >= 0.3 is 0 Å². The minimum absolute atomic E-state index is 0.267. The fourth-order valence-electron chi connectivity index (χ4n) is 1.84. The zero-order chi connectivity index (χ0) is 13.7. The summed E-state index contributed by atoms with van der Waals surface area (Å²) in [4.78, 5) is 5.40. The van der Waals surface area contributed by atoms with Crippen LogP contribution in [0.2, 0.25) is 0 Å². The van der Waals surface area contributed by atoms with Gasteiger partial charge in [-0.05, 0) is 31.7 Å². The summed E-state index contributed by atoms with van der Waals surface area (Å²) in [6.07, 6.45) is 0.800. The van der Waals surface area contributed by atoms with Crippen LogP contribution in [0.25, 0.3) is 0 Å². The van der Waals surface area contributed by atoms with Crippen molar-refractivity contribution in [3.05, 3.63) is 45.7 Å². The molecule has 0 saturated heterocycles. The van der Waals surface area contributed by atoms with E-state index in [0.717, 1.165) is 17.7 Å². The van der Waals surface area contributed by atoms with Crippen molar-refractivity contribution in [2.24, 2.45) is 0 Å². The predicted octanol–water partition coefficient (Wildman–Crippen LogP) is 2.93. The van der Waals surface area contributed by atoms with Crippen LogP contribution in [-0.2, 0) is 13.0 Å². The van der Waals surface area contributed by atoms with Gasteiger partial charge in [-0.2, -0.15) is 0 Å². The lowest BCUT2D eigenvalue weighted by molar-refractivity contribution is 0.320. The Morgan fingerprint density at radius 2 is 2.21 bits per heavy atom. The van der Waals surface area contributed by atoms with Gasteiger partial charge in [0.05, 0.1) is 17.8 Å². The molecule has 2 aromatic rings. The molecule has 1 N–H and O–H groups in total. The van der Waals surface area contributed by atoms with Crippen LogP contribution in [0.4, 0.5) is 4.39 Å². The van der Waals surface area contributed by atoms with Crippen molar-refractivity contribution in [1.82, 2.24) is 10.3 Å². The largest absolute Gasteiger partial charge is 0.493 e. The van der Waals surface area contributed by atoms with Gasteiger partial charge in [-0.25, -0.2) is 9.37 Å². The Morgan fingerprint density at radius 3 is 2.89 bits per heavy atom. The average Bonchev–Trinajstić information content (AvgIpc) is 2.75. The first-order valence-electron chi connectivity index (χ1n) is 6.15. The van der Waals surface area contributed by atoms with Crippen LogP contribution in [0.1, 0.15) is 16.1 Å². The number of rotatable bonds is 6. The van der Waals surface area contributed by atoms with Gasteiger partial charge in [0.25, 0.3) is 0 Å². The monoisotopic (exact) mass is 280 g/mol. The molecule has 2 rings (SSSR count). The molecule has 0 aliphatic heterocycles. The zero-order valence-corrected chi connectivity index (χ0v) is 11.9. The standard InChI is InChI=1S/C14H17FN2OS/c1-10-14(19-9-17-10)3-4-18-13-6-11(8-16-2)5-12(15)7-13/h5-7,9,16H,3-4,8H2,1-2H3. The van der Waals surface area contributed by atoms with E-state index in [-0.39, 0.29) is 5.82 Å². The minimum atomic E-state index is -0.267. The molecule has 0 fully saturated rings. The van der Waals surface area contributed by atoms with Gasteiger partial charge in [0.2, 0.25) is 0 Å². The minimum Gasteiger partial charge on any atom is -0.493 e. The molecule has 3 nitrogen and oxygen atoms in total. The second kappa shape index (κ2) is 6.63. The first-order chi connectivity index (χ1) is 9.19. The number of nitrogens with one attached hydrogen (secondary N) is 1. The van der Waals surface area contributed by atoms with E-state index in [9.17, 15) is 4.39 Å². The van der Waals surface area contributed by atoms with Crippen LogP contribution in [0, 0.1) is 12.7 Å². The van der Waals surface area contributed by atoms with Crippen molar-refractivity contribution in [3.63, 3.8) is 0 Å². The Balaban J connectivity index is 1.94. The molecule has 0 bridgehead atoms. The maximum Gasteiger partial charge on any atom is 0.127 e. The molecule has 0 amide bonds. The van der Waals surface area contributed by atoms with Crippen molar-refractivity contribution in [2.45, 2.75) is 19.9 Å². The number of halogens is 1. The molecular formula is C14H17FN2OS. The summed E-state index contributed by atoms with van der Waals surface area (Å²) in [5.41, 5.74) is 3.76. The third-order valence-corrected chi connectivity index (χ3v) is 3.75. The lowest BCUT2D eigenvalue weighted by Gasteiger charge is -2.08. The summed E-state index contributed by atoms with van der Waals surface area (Å²) in [6, 6.07) is 4.79. The van der Waals surface area contributed by atoms with E-state index in [1.807, 2.05) is 25.5 Å². The fourth-order valence-corrected chi connectivity index (χ4v) is 2.60. The van der Waals surface area contributed by atoms with E-state index in [1.54, 1.807) is 11.3 Å². The fraction of sp³-hybridized carbons (Fsp3) is 0.357. The number of nitrogens with zero attached hydrogens (tertiary/aromatic N) is 1. The smallest absolute Gasteiger partial charge is 0.127 e. The maximum atomic E-state index is 13.4. The third kappa shape index (κ3) is 4.01. The molecule has 19 heavy (non-hydrogen) atoms. The van der Waals surface area contributed by atoms with Crippen molar-refractivity contribution < 1.29 is 9.13 Å². The molecular weight excluding hydrogens is 263 g/mol. The molecule has 1 aromatic heterocycles. The Bertz CT molecular complexity index is 542. The van der Waals surface area contributed by atoms with E-state index in [4.69, 9.17) is 4.74 Å². The third-order valence-electron chi connectivity index (χ3n) is 2.75. The molecule has 1 heterocycles. The SMILES string of the molecule is CNCc1cc(F)cc(OCCc2scnc2C)c1. The van der Waals surface area contributed by atoms with Crippen molar-refractivity contribution in [1.29, 1.82) is 0 Å². The number of ether oxygens (including phenoxy) is 1. The molecule has 0 spiro atoms. The summed E-state index contributed by atoms with van der Waals surface area (Å²) >= 11 is 1.62. The lowest BCUT2D eigenvalue weighted by atomic mass is 10.2. The number of aromatic nitrogens is 1. The van der Waals surface area contributed by atoms with Crippen molar-refractivity contribution >= 4 is 11.3 Å². The van der Waals surface area contributed by atoms with E-state index < -0.39 is 0 Å². The molecule has 0 aliphatic carbocycles.